The smallest absolute Gasteiger partial charge is 0.253 e. The van der Waals surface area contributed by atoms with Gasteiger partial charge in [-0.15, -0.1) is 0 Å². The van der Waals surface area contributed by atoms with Gasteiger partial charge in [0.25, 0.3) is 5.91 Å². The Balaban J connectivity index is 3.11. The van der Waals surface area contributed by atoms with Crippen LogP contribution in [-0.4, -0.2) is 20.1 Å². The number of rotatable bonds is 2. The van der Waals surface area contributed by atoms with E-state index in [0.717, 1.165) is 0 Å². The third-order valence-electron chi connectivity index (χ3n) is 1.73. The lowest BCUT2D eigenvalue weighted by molar-refractivity contribution is 0.0963. The van der Waals surface area contributed by atoms with E-state index in [1.165, 1.54) is 0 Å². The lowest BCUT2D eigenvalue weighted by Crippen LogP contribution is -2.19. The highest BCUT2D eigenvalue weighted by Gasteiger charge is 2.08. The first-order chi connectivity index (χ1) is 6.19. The molecule has 0 radical (unpaired) electrons. The first kappa shape index (κ1) is 9.38. The number of carbonyl (C=O) groups excluding carboxylic acids is 1. The van der Waals surface area contributed by atoms with E-state index >= 15 is 0 Å². The van der Waals surface area contributed by atoms with Crippen LogP contribution in [0.4, 0.5) is 5.69 Å². The fraction of sp³-hybridized carbons (Fsp3) is 0.222. The number of amides is 1. The minimum Gasteiger partial charge on any atom is -0.497 e. The monoisotopic (exact) mass is 180 g/mol. The van der Waals surface area contributed by atoms with Gasteiger partial charge >= 0.3 is 0 Å². The average Bonchev–Trinajstić information content (AvgIpc) is 2.17. The van der Waals surface area contributed by atoms with Gasteiger partial charge in [0.15, 0.2) is 0 Å². The molecular weight excluding hydrogens is 168 g/mol. The van der Waals surface area contributed by atoms with Gasteiger partial charge in [-0.2, -0.15) is 0 Å². The molecule has 4 heteroatoms. The summed E-state index contributed by atoms with van der Waals surface area (Å²) in [5.41, 5.74) is 6.48. The molecule has 3 N–H and O–H groups in total. The molecule has 4 nitrogen and oxygen atoms in total. The molecule has 0 aliphatic rings. The molecule has 0 saturated heterocycles. The van der Waals surface area contributed by atoms with Gasteiger partial charge in [-0.1, -0.05) is 0 Å². The molecule has 0 atom stereocenters. The van der Waals surface area contributed by atoms with Gasteiger partial charge in [-0.3, -0.25) is 4.79 Å². The van der Waals surface area contributed by atoms with Crippen LogP contribution in [0.2, 0.25) is 0 Å². The number of nitrogens with one attached hydrogen (secondary N) is 1. The van der Waals surface area contributed by atoms with Crippen LogP contribution in [0.25, 0.3) is 0 Å². The van der Waals surface area contributed by atoms with Crippen molar-refractivity contribution in [2.24, 2.45) is 0 Å². The molecular formula is C9H12N2O2. The van der Waals surface area contributed by atoms with Crippen molar-refractivity contribution < 1.29 is 9.53 Å². The summed E-state index contributed by atoms with van der Waals surface area (Å²) < 4.78 is 4.97. The summed E-state index contributed by atoms with van der Waals surface area (Å²) in [5.74, 6) is 0.407. The van der Waals surface area contributed by atoms with Gasteiger partial charge in [0.05, 0.1) is 12.7 Å². The summed E-state index contributed by atoms with van der Waals surface area (Å²) in [4.78, 5) is 11.3. The van der Waals surface area contributed by atoms with Gasteiger partial charge in [0.2, 0.25) is 0 Å². The van der Waals surface area contributed by atoms with Crippen molar-refractivity contribution in [3.8, 4) is 5.75 Å². The van der Waals surface area contributed by atoms with Crippen LogP contribution in [0.15, 0.2) is 18.2 Å². The molecule has 0 aliphatic carbocycles. The number of carbonyl (C=O) groups is 1. The van der Waals surface area contributed by atoms with Crippen LogP contribution < -0.4 is 15.8 Å². The molecule has 0 saturated carbocycles. The fourth-order valence-electron chi connectivity index (χ4n) is 0.994. The number of ether oxygens (including phenoxy) is 1. The number of hydrogen-bond acceptors (Lipinski definition) is 3. The van der Waals surface area contributed by atoms with Crippen LogP contribution in [0, 0.1) is 0 Å². The van der Waals surface area contributed by atoms with Gasteiger partial charge in [0.1, 0.15) is 5.75 Å². The standard InChI is InChI=1S/C9H12N2O2/c1-11-9(12)7-5-6(13-2)3-4-8(7)10/h3-5H,10H2,1-2H3,(H,11,12). The first-order valence-corrected chi connectivity index (χ1v) is 3.84. The Bertz CT molecular complexity index is 323. The maximum atomic E-state index is 11.3. The Morgan fingerprint density at radius 1 is 1.54 bits per heavy atom. The second kappa shape index (κ2) is 3.80. The molecule has 0 heterocycles. The van der Waals surface area contributed by atoms with E-state index in [9.17, 15) is 4.79 Å². The van der Waals surface area contributed by atoms with Gasteiger partial charge < -0.3 is 15.8 Å². The van der Waals surface area contributed by atoms with Crippen LogP contribution in [0.1, 0.15) is 10.4 Å². The Morgan fingerprint density at radius 2 is 2.23 bits per heavy atom. The molecule has 0 bridgehead atoms. The van der Waals surface area contributed by atoms with E-state index in [1.54, 1.807) is 32.4 Å². The second-order valence-electron chi connectivity index (χ2n) is 2.53. The maximum absolute atomic E-state index is 11.3. The molecule has 1 aromatic carbocycles. The molecule has 0 unspecified atom stereocenters. The van der Waals surface area contributed by atoms with Crippen molar-refractivity contribution >= 4 is 11.6 Å². The van der Waals surface area contributed by atoms with Crippen molar-refractivity contribution in [1.29, 1.82) is 0 Å². The molecule has 1 aromatic rings. The lowest BCUT2D eigenvalue weighted by atomic mass is 10.1. The zero-order chi connectivity index (χ0) is 9.84. The predicted molar refractivity (Wildman–Crippen MR) is 50.8 cm³/mol. The highest BCUT2D eigenvalue weighted by Crippen LogP contribution is 2.18. The van der Waals surface area contributed by atoms with E-state index in [-0.39, 0.29) is 5.91 Å². The molecule has 70 valence electrons. The van der Waals surface area contributed by atoms with Crippen LogP contribution in [0.3, 0.4) is 0 Å². The summed E-state index contributed by atoms with van der Waals surface area (Å²) in [5, 5.41) is 2.50. The number of hydrogen-bond donors (Lipinski definition) is 2. The minimum atomic E-state index is -0.212. The topological polar surface area (TPSA) is 64.3 Å². The van der Waals surface area contributed by atoms with E-state index in [1.807, 2.05) is 0 Å². The summed E-state index contributed by atoms with van der Waals surface area (Å²) in [7, 11) is 3.10. The maximum Gasteiger partial charge on any atom is 0.253 e. The third-order valence-corrected chi connectivity index (χ3v) is 1.73. The number of nitrogen functional groups attached to an aromatic ring is 1. The van der Waals surface area contributed by atoms with Gasteiger partial charge in [-0.05, 0) is 18.2 Å². The lowest BCUT2D eigenvalue weighted by Gasteiger charge is -2.06. The van der Waals surface area contributed by atoms with Crippen LogP contribution in [-0.2, 0) is 0 Å². The molecule has 1 amide bonds. The summed E-state index contributed by atoms with van der Waals surface area (Å²) in [6.07, 6.45) is 0. The molecule has 0 spiro atoms. The van der Waals surface area contributed by atoms with Crippen molar-refractivity contribution in [2.75, 3.05) is 19.9 Å². The largest absolute Gasteiger partial charge is 0.497 e. The molecule has 13 heavy (non-hydrogen) atoms. The fourth-order valence-corrected chi connectivity index (χ4v) is 0.994. The number of benzene rings is 1. The zero-order valence-corrected chi connectivity index (χ0v) is 7.63. The Kier molecular flexibility index (Phi) is 2.74. The first-order valence-electron chi connectivity index (χ1n) is 3.84. The minimum absolute atomic E-state index is 0.212. The highest BCUT2D eigenvalue weighted by molar-refractivity contribution is 5.99. The number of anilines is 1. The van der Waals surface area contributed by atoms with Gasteiger partial charge in [0, 0.05) is 12.7 Å². The average molecular weight is 180 g/mol. The Hall–Kier alpha value is -1.71. The second-order valence-corrected chi connectivity index (χ2v) is 2.53. The summed E-state index contributed by atoms with van der Waals surface area (Å²) >= 11 is 0. The van der Waals surface area contributed by atoms with Crippen molar-refractivity contribution in [3.63, 3.8) is 0 Å². The van der Waals surface area contributed by atoms with E-state index in [0.29, 0.717) is 17.0 Å². The van der Waals surface area contributed by atoms with Crippen molar-refractivity contribution in [3.05, 3.63) is 23.8 Å². The van der Waals surface area contributed by atoms with Crippen LogP contribution in [0.5, 0.6) is 5.75 Å². The van der Waals surface area contributed by atoms with Crippen molar-refractivity contribution in [1.82, 2.24) is 5.32 Å². The predicted octanol–water partition coefficient (Wildman–Crippen LogP) is 0.637. The SMILES string of the molecule is CNC(=O)c1cc(OC)ccc1N. The zero-order valence-electron chi connectivity index (χ0n) is 7.63. The molecule has 0 fully saturated rings. The summed E-state index contributed by atoms with van der Waals surface area (Å²) in [6, 6.07) is 4.96. The molecule has 0 aliphatic heterocycles. The van der Waals surface area contributed by atoms with E-state index in [2.05, 4.69) is 5.32 Å². The van der Waals surface area contributed by atoms with Gasteiger partial charge in [-0.25, -0.2) is 0 Å². The molecule has 1 rings (SSSR count). The quantitative estimate of drug-likeness (QED) is 0.656. The third kappa shape index (κ3) is 1.90. The van der Waals surface area contributed by atoms with E-state index in [4.69, 9.17) is 10.5 Å². The Labute approximate surface area is 76.7 Å². The number of methoxy groups -OCH3 is 1. The van der Waals surface area contributed by atoms with Crippen LogP contribution >= 0.6 is 0 Å². The van der Waals surface area contributed by atoms with E-state index < -0.39 is 0 Å². The molecule has 0 aromatic heterocycles. The highest BCUT2D eigenvalue weighted by atomic mass is 16.5. The Morgan fingerprint density at radius 3 is 2.77 bits per heavy atom. The summed E-state index contributed by atoms with van der Waals surface area (Å²) in [6.45, 7) is 0. The van der Waals surface area contributed by atoms with Crippen molar-refractivity contribution in [2.45, 2.75) is 0 Å². The normalized spacial score (nSPS) is 9.38. The number of nitrogens with two attached hydrogens (primary N) is 1.